The second-order valence-corrected chi connectivity index (χ2v) is 15.7. The summed E-state index contributed by atoms with van der Waals surface area (Å²) in [6, 6.07) is 9.77. The predicted octanol–water partition coefficient (Wildman–Crippen LogP) is 2.01. The van der Waals surface area contributed by atoms with Gasteiger partial charge in [-0.3, -0.25) is 34.2 Å². The Morgan fingerprint density at radius 3 is 2.60 bits per heavy atom. The van der Waals surface area contributed by atoms with Gasteiger partial charge in [0.15, 0.2) is 11.9 Å². The molecule has 16 heteroatoms. The SMILES string of the molecule is O=C1CCC(N2C(=O)c3ccc(N4CC(OC5CCC(/C=[N+]6/C=c7cc(NC(=O)c8cnn9cccnc89)c(OCC8CC8)cc7=N6)CC5)C4)cc3C2=O)C(=O)N1. The van der Waals surface area contributed by atoms with Crippen molar-refractivity contribution >= 4 is 59.0 Å². The lowest BCUT2D eigenvalue weighted by Crippen LogP contribution is -2.54. The highest BCUT2D eigenvalue weighted by atomic mass is 16.5. The van der Waals surface area contributed by atoms with Crippen LogP contribution in [-0.2, 0) is 14.3 Å². The third-order valence-electron chi connectivity index (χ3n) is 11.7. The largest absolute Gasteiger partial charge is 0.491 e. The Morgan fingerprint density at radius 1 is 0.965 bits per heavy atom. The van der Waals surface area contributed by atoms with Gasteiger partial charge in [0.1, 0.15) is 22.7 Å². The van der Waals surface area contributed by atoms with Gasteiger partial charge < -0.3 is 19.7 Å². The molecule has 1 unspecified atom stereocenters. The summed E-state index contributed by atoms with van der Waals surface area (Å²) >= 11 is 0. The van der Waals surface area contributed by atoms with Gasteiger partial charge in [0.25, 0.3) is 17.7 Å². The van der Waals surface area contributed by atoms with Gasteiger partial charge in [-0.2, -0.15) is 5.10 Å². The van der Waals surface area contributed by atoms with Crippen LogP contribution < -0.4 is 30.8 Å². The maximum Gasteiger partial charge on any atom is 0.262 e. The van der Waals surface area contributed by atoms with Crippen LogP contribution in [0.25, 0.3) is 11.8 Å². The molecule has 2 saturated carbocycles. The smallest absolute Gasteiger partial charge is 0.262 e. The molecule has 4 aromatic rings. The third-order valence-corrected chi connectivity index (χ3v) is 11.7. The van der Waals surface area contributed by atoms with Crippen LogP contribution in [0.2, 0.25) is 0 Å². The van der Waals surface area contributed by atoms with Crippen LogP contribution in [0, 0.1) is 11.8 Å². The molecule has 2 saturated heterocycles. The number of rotatable bonds is 10. The van der Waals surface area contributed by atoms with Crippen molar-refractivity contribution in [3.8, 4) is 5.75 Å². The molecule has 4 aliphatic heterocycles. The Balaban J connectivity index is 0.746. The first kappa shape index (κ1) is 35.1. The lowest BCUT2D eigenvalue weighted by molar-refractivity contribution is -0.424. The molecule has 2 aliphatic carbocycles. The van der Waals surface area contributed by atoms with E-state index in [-0.39, 0.29) is 42.1 Å². The zero-order chi connectivity index (χ0) is 38.8. The molecule has 4 fully saturated rings. The predicted molar refractivity (Wildman–Crippen MR) is 203 cm³/mol. The number of aromatic nitrogens is 3. The molecule has 1 atom stereocenters. The quantitative estimate of drug-likeness (QED) is 0.179. The Morgan fingerprint density at radius 2 is 1.79 bits per heavy atom. The number of carbonyl (C=O) groups is 5. The Bertz CT molecular complexity index is 2530. The zero-order valence-electron chi connectivity index (χ0n) is 31.0. The molecule has 6 aliphatic rings. The van der Waals surface area contributed by atoms with Crippen molar-refractivity contribution in [1.29, 1.82) is 0 Å². The number of benzene rings is 2. The van der Waals surface area contributed by atoms with Crippen molar-refractivity contribution < 1.29 is 38.1 Å². The molecule has 6 heterocycles. The minimum absolute atomic E-state index is 0.0626. The number of carbonyl (C=O) groups excluding carboxylic acids is 5. The van der Waals surface area contributed by atoms with E-state index in [4.69, 9.17) is 14.6 Å². The number of imide groups is 2. The summed E-state index contributed by atoms with van der Waals surface area (Å²) in [4.78, 5) is 71.2. The normalized spacial score (nSPS) is 23.9. The van der Waals surface area contributed by atoms with Gasteiger partial charge in [-0.05, 0) is 81.2 Å². The van der Waals surface area contributed by atoms with E-state index in [1.54, 1.807) is 35.1 Å². The third kappa shape index (κ3) is 6.73. The summed E-state index contributed by atoms with van der Waals surface area (Å²) in [5, 5.41) is 16.0. The second kappa shape index (κ2) is 14.0. The molecule has 0 spiro atoms. The molecule has 290 valence electrons. The van der Waals surface area contributed by atoms with Gasteiger partial charge in [-0.15, -0.1) is 0 Å². The minimum atomic E-state index is -0.986. The first-order chi connectivity index (χ1) is 27.7. The van der Waals surface area contributed by atoms with E-state index in [0.717, 1.165) is 59.7 Å². The van der Waals surface area contributed by atoms with Crippen LogP contribution in [0.4, 0.5) is 11.4 Å². The molecular weight excluding hydrogens is 731 g/mol. The summed E-state index contributed by atoms with van der Waals surface area (Å²) in [7, 11) is 0. The standard InChI is InChI=1S/C41H39N9O7/c51-36-11-10-34(39(53)45-36)50-40(54)29-9-6-26(15-30(29)41(50)55)47-20-28(21-47)57-27-7-4-23(5-8-27)18-48-19-25-14-33(35(16-32(25)46-48)56-22-24-2-3-24)44-38(52)31-17-43-49-13-1-12-42-37(31)49/h1,6,9,12-19,23-24,27-28,34H,2-5,7-8,10-11,20-22H2,(H-,44,45,51,52,53)/p+1/b48-18-. The maximum absolute atomic E-state index is 13.4. The summed E-state index contributed by atoms with van der Waals surface area (Å²) in [5.41, 5.74) is 2.80. The van der Waals surface area contributed by atoms with Crippen LogP contribution >= 0.6 is 0 Å². The molecule has 2 N–H and O–H groups in total. The Labute approximate surface area is 325 Å². The summed E-state index contributed by atoms with van der Waals surface area (Å²) in [6.07, 6.45) is 15.5. The molecule has 0 bridgehead atoms. The van der Waals surface area contributed by atoms with E-state index in [1.807, 2.05) is 29.1 Å². The highest BCUT2D eigenvalue weighted by Gasteiger charge is 2.45. The average molecular weight is 771 g/mol. The Kier molecular flexibility index (Phi) is 8.65. The number of hydrogen-bond donors (Lipinski definition) is 2. The first-order valence-electron chi connectivity index (χ1n) is 19.6. The van der Waals surface area contributed by atoms with Crippen LogP contribution in [0.1, 0.15) is 82.4 Å². The fourth-order valence-corrected chi connectivity index (χ4v) is 8.29. The second-order valence-electron chi connectivity index (χ2n) is 15.7. The Hall–Kier alpha value is -6.29. The first-order valence-corrected chi connectivity index (χ1v) is 19.6. The van der Waals surface area contributed by atoms with E-state index in [2.05, 4.69) is 31.8 Å². The highest BCUT2D eigenvalue weighted by Crippen LogP contribution is 2.34. The average Bonchev–Trinajstić information content (AvgIpc) is 3.70. The topological polar surface area (TPSA) is 180 Å². The molecule has 57 heavy (non-hydrogen) atoms. The fourth-order valence-electron chi connectivity index (χ4n) is 8.29. The van der Waals surface area contributed by atoms with E-state index in [0.29, 0.717) is 54.2 Å². The lowest BCUT2D eigenvalue weighted by Gasteiger charge is -2.43. The van der Waals surface area contributed by atoms with Crippen molar-refractivity contribution in [3.05, 3.63) is 82.3 Å². The van der Waals surface area contributed by atoms with E-state index in [9.17, 15) is 24.0 Å². The summed E-state index contributed by atoms with van der Waals surface area (Å²) < 4.78 is 16.1. The molecule has 10 rings (SSSR count). The minimum Gasteiger partial charge on any atom is -0.491 e. The van der Waals surface area contributed by atoms with Crippen LogP contribution in [0.3, 0.4) is 0 Å². The van der Waals surface area contributed by atoms with Gasteiger partial charge in [-0.1, -0.05) is 4.68 Å². The highest BCUT2D eigenvalue weighted by molar-refractivity contribution is 6.23. The number of nitrogens with one attached hydrogen (secondary N) is 2. The van der Waals surface area contributed by atoms with Gasteiger partial charge >= 0.3 is 0 Å². The number of hydrogen-bond acceptors (Lipinski definition) is 11. The van der Waals surface area contributed by atoms with E-state index in [1.165, 1.54) is 6.20 Å². The number of fused-ring (bicyclic) bond motifs is 3. The van der Waals surface area contributed by atoms with Crippen LogP contribution in [-0.4, -0.2) is 97.9 Å². The maximum atomic E-state index is 13.4. The number of amides is 5. The summed E-state index contributed by atoms with van der Waals surface area (Å²) in [6.45, 7) is 1.94. The molecule has 5 amide bonds. The van der Waals surface area contributed by atoms with E-state index >= 15 is 0 Å². The van der Waals surface area contributed by atoms with Crippen molar-refractivity contribution in [2.45, 2.75) is 69.6 Å². The summed E-state index contributed by atoms with van der Waals surface area (Å²) in [5.74, 6) is -0.903. The number of nitrogens with zero attached hydrogens (tertiary/aromatic N) is 7. The van der Waals surface area contributed by atoms with Gasteiger partial charge in [0.05, 0.1) is 47.0 Å². The number of piperidine rings is 1. The molecule has 2 aromatic heterocycles. The van der Waals surface area contributed by atoms with E-state index < -0.39 is 29.7 Å². The molecular formula is C41H40N9O7+. The lowest BCUT2D eigenvalue weighted by atomic mass is 9.88. The number of anilines is 2. The van der Waals surface area contributed by atoms with Crippen molar-refractivity contribution in [3.63, 3.8) is 0 Å². The molecule has 2 aromatic carbocycles. The van der Waals surface area contributed by atoms with Crippen LogP contribution in [0.5, 0.6) is 5.75 Å². The van der Waals surface area contributed by atoms with Crippen molar-refractivity contribution in [1.82, 2.24) is 24.8 Å². The fraction of sp³-hybridized carbons (Fsp3) is 0.390. The molecule has 16 nitrogen and oxygen atoms in total. The van der Waals surface area contributed by atoms with Crippen LogP contribution in [0.15, 0.2) is 60.1 Å². The molecule has 0 radical (unpaired) electrons. The zero-order valence-corrected chi connectivity index (χ0v) is 31.0. The monoisotopic (exact) mass is 770 g/mol. The van der Waals surface area contributed by atoms with Crippen molar-refractivity contribution in [2.75, 3.05) is 29.9 Å². The van der Waals surface area contributed by atoms with Gasteiger partial charge in [-0.25, -0.2) is 9.50 Å². The van der Waals surface area contributed by atoms with Crippen molar-refractivity contribution in [2.24, 2.45) is 16.9 Å². The van der Waals surface area contributed by atoms with Gasteiger partial charge in [0.2, 0.25) is 18.0 Å². The van der Waals surface area contributed by atoms with Gasteiger partial charge in [0, 0.05) is 54.7 Å². The number of ether oxygens (including phenoxy) is 2.